The van der Waals surface area contributed by atoms with Crippen LogP contribution in [0.5, 0.6) is 5.75 Å². The second-order valence-corrected chi connectivity index (χ2v) is 7.04. The van der Waals surface area contributed by atoms with E-state index in [1.165, 1.54) is 6.07 Å². The lowest BCUT2D eigenvalue weighted by molar-refractivity contribution is 0.00578. The summed E-state index contributed by atoms with van der Waals surface area (Å²) >= 11 is 0. The fourth-order valence-corrected chi connectivity index (χ4v) is 2.71. The first-order valence-electron chi connectivity index (χ1n) is 7.54. The van der Waals surface area contributed by atoms with E-state index >= 15 is 0 Å². The van der Waals surface area contributed by atoms with Crippen LogP contribution in [0.25, 0.3) is 0 Å². The quantitative estimate of drug-likeness (QED) is 0.745. The minimum absolute atomic E-state index is 0.139. The highest BCUT2D eigenvalue weighted by Gasteiger charge is 2.52. The SMILES string of the molecule is CC1CCc2cc(B3OC(C)(C)C(C)(C)O3)c(F)cc2O1. The van der Waals surface area contributed by atoms with Gasteiger partial charge in [-0.2, -0.15) is 0 Å². The molecule has 0 saturated carbocycles. The molecule has 1 aromatic rings. The number of fused-ring (bicyclic) bond motifs is 1. The van der Waals surface area contributed by atoms with E-state index < -0.39 is 18.3 Å². The van der Waals surface area contributed by atoms with Crippen LogP contribution in [0.3, 0.4) is 0 Å². The molecule has 2 heterocycles. The molecule has 114 valence electrons. The molecule has 1 unspecified atom stereocenters. The van der Waals surface area contributed by atoms with Gasteiger partial charge in [0, 0.05) is 11.5 Å². The van der Waals surface area contributed by atoms with E-state index in [4.69, 9.17) is 14.0 Å². The molecule has 2 aliphatic rings. The maximum absolute atomic E-state index is 14.4. The molecule has 0 bridgehead atoms. The molecule has 1 aromatic carbocycles. The summed E-state index contributed by atoms with van der Waals surface area (Å²) in [5.74, 6) is 0.313. The average Bonchev–Trinajstić information content (AvgIpc) is 2.57. The van der Waals surface area contributed by atoms with Crippen molar-refractivity contribution in [3.8, 4) is 5.75 Å². The highest BCUT2D eigenvalue weighted by Crippen LogP contribution is 2.37. The number of ether oxygens (including phenoxy) is 1. The minimum Gasteiger partial charge on any atom is -0.490 e. The zero-order valence-corrected chi connectivity index (χ0v) is 13.3. The van der Waals surface area contributed by atoms with Crippen molar-refractivity contribution in [1.82, 2.24) is 0 Å². The number of aryl methyl sites for hydroxylation is 1. The summed E-state index contributed by atoms with van der Waals surface area (Å²) < 4.78 is 32.0. The lowest BCUT2D eigenvalue weighted by atomic mass is 9.77. The molecule has 2 aliphatic heterocycles. The van der Waals surface area contributed by atoms with Crippen LogP contribution in [0, 0.1) is 5.82 Å². The van der Waals surface area contributed by atoms with Crippen molar-refractivity contribution in [2.75, 3.05) is 0 Å². The normalized spacial score (nSPS) is 26.4. The van der Waals surface area contributed by atoms with Gasteiger partial charge in [0.2, 0.25) is 0 Å². The first-order valence-corrected chi connectivity index (χ1v) is 7.54. The molecule has 0 N–H and O–H groups in total. The highest BCUT2D eigenvalue weighted by molar-refractivity contribution is 6.62. The largest absolute Gasteiger partial charge is 0.497 e. The molecule has 1 saturated heterocycles. The van der Waals surface area contributed by atoms with Crippen molar-refractivity contribution in [3.63, 3.8) is 0 Å². The van der Waals surface area contributed by atoms with Gasteiger partial charge in [-0.1, -0.05) is 6.07 Å². The Morgan fingerprint density at radius 1 is 1.14 bits per heavy atom. The maximum Gasteiger partial charge on any atom is 0.497 e. The van der Waals surface area contributed by atoms with E-state index in [1.54, 1.807) is 0 Å². The van der Waals surface area contributed by atoms with Crippen molar-refractivity contribution in [3.05, 3.63) is 23.5 Å². The molecule has 1 atom stereocenters. The molecule has 0 spiro atoms. The van der Waals surface area contributed by atoms with Crippen LogP contribution in [0.4, 0.5) is 4.39 Å². The summed E-state index contributed by atoms with van der Waals surface area (Å²) in [5.41, 5.74) is 0.556. The zero-order chi connectivity index (χ0) is 15.4. The predicted octanol–water partition coefficient (Wildman–Crippen LogP) is 2.84. The summed E-state index contributed by atoms with van der Waals surface area (Å²) in [6, 6.07) is 3.30. The van der Waals surface area contributed by atoms with Crippen molar-refractivity contribution in [1.29, 1.82) is 0 Å². The molecular weight excluding hydrogens is 270 g/mol. The summed E-state index contributed by atoms with van der Waals surface area (Å²) in [7, 11) is -0.667. The third-order valence-electron chi connectivity index (χ3n) is 4.84. The molecule has 0 aliphatic carbocycles. The second kappa shape index (κ2) is 4.72. The fraction of sp³-hybridized carbons (Fsp3) is 0.625. The Labute approximate surface area is 125 Å². The van der Waals surface area contributed by atoms with Crippen LogP contribution < -0.4 is 10.2 Å². The van der Waals surface area contributed by atoms with Gasteiger partial charge in [-0.15, -0.1) is 0 Å². The summed E-state index contributed by atoms with van der Waals surface area (Å²) in [4.78, 5) is 0. The van der Waals surface area contributed by atoms with Gasteiger partial charge in [-0.25, -0.2) is 4.39 Å². The minimum atomic E-state index is -0.667. The van der Waals surface area contributed by atoms with Crippen LogP contribution in [0.1, 0.15) is 46.6 Å². The number of hydrogen-bond acceptors (Lipinski definition) is 3. The molecule has 21 heavy (non-hydrogen) atoms. The van der Waals surface area contributed by atoms with E-state index in [0.29, 0.717) is 11.2 Å². The Morgan fingerprint density at radius 3 is 2.38 bits per heavy atom. The topological polar surface area (TPSA) is 27.7 Å². The van der Waals surface area contributed by atoms with Crippen molar-refractivity contribution in [2.24, 2.45) is 0 Å². The Hall–Kier alpha value is -1.07. The Bertz CT molecular complexity index is 555. The molecule has 0 radical (unpaired) electrons. The molecule has 3 rings (SSSR count). The Kier molecular flexibility index (Phi) is 3.34. The maximum atomic E-state index is 14.4. The molecule has 3 nitrogen and oxygen atoms in total. The number of hydrogen-bond donors (Lipinski definition) is 0. The molecule has 5 heteroatoms. The highest BCUT2D eigenvalue weighted by atomic mass is 19.1. The Morgan fingerprint density at radius 2 is 1.76 bits per heavy atom. The van der Waals surface area contributed by atoms with Gasteiger partial charge in [-0.05, 0) is 53.0 Å². The third kappa shape index (κ3) is 2.47. The molecule has 1 fully saturated rings. The standard InChI is InChI=1S/C16H22BFO3/c1-10-6-7-11-8-12(13(18)9-14(11)19-10)17-20-15(2,3)16(4,5)21-17/h8-10H,6-7H2,1-5H3. The van der Waals surface area contributed by atoms with E-state index in [1.807, 2.05) is 40.7 Å². The van der Waals surface area contributed by atoms with Gasteiger partial charge >= 0.3 is 7.12 Å². The van der Waals surface area contributed by atoms with Gasteiger partial charge in [0.05, 0.1) is 17.3 Å². The first kappa shape index (κ1) is 14.9. The predicted molar refractivity (Wildman–Crippen MR) is 80.5 cm³/mol. The second-order valence-electron chi connectivity index (χ2n) is 7.04. The summed E-state index contributed by atoms with van der Waals surface area (Å²) in [6.07, 6.45) is 1.98. The first-order chi connectivity index (χ1) is 9.69. The van der Waals surface area contributed by atoms with Crippen LogP contribution in [-0.4, -0.2) is 24.4 Å². The fourth-order valence-electron chi connectivity index (χ4n) is 2.71. The smallest absolute Gasteiger partial charge is 0.490 e. The lowest BCUT2D eigenvalue weighted by Gasteiger charge is -2.32. The number of rotatable bonds is 1. The van der Waals surface area contributed by atoms with E-state index in [-0.39, 0.29) is 11.9 Å². The van der Waals surface area contributed by atoms with Crippen LogP contribution in [-0.2, 0) is 15.7 Å². The van der Waals surface area contributed by atoms with Gasteiger partial charge in [0.25, 0.3) is 0 Å². The van der Waals surface area contributed by atoms with Crippen LogP contribution >= 0.6 is 0 Å². The zero-order valence-electron chi connectivity index (χ0n) is 13.3. The molecule has 0 amide bonds. The van der Waals surface area contributed by atoms with Gasteiger partial charge in [0.15, 0.2) is 0 Å². The Balaban J connectivity index is 1.94. The monoisotopic (exact) mass is 292 g/mol. The van der Waals surface area contributed by atoms with E-state index in [2.05, 4.69) is 0 Å². The average molecular weight is 292 g/mol. The third-order valence-corrected chi connectivity index (χ3v) is 4.84. The van der Waals surface area contributed by atoms with Crippen LogP contribution in [0.2, 0.25) is 0 Å². The van der Waals surface area contributed by atoms with Crippen molar-refractivity contribution < 1.29 is 18.4 Å². The van der Waals surface area contributed by atoms with Gasteiger partial charge in [0.1, 0.15) is 11.6 Å². The van der Waals surface area contributed by atoms with Crippen LogP contribution in [0.15, 0.2) is 12.1 Å². The molecular formula is C16H22BFO3. The van der Waals surface area contributed by atoms with Gasteiger partial charge < -0.3 is 14.0 Å². The van der Waals surface area contributed by atoms with Crippen molar-refractivity contribution in [2.45, 2.75) is 64.8 Å². The summed E-state index contributed by atoms with van der Waals surface area (Å²) in [5, 5.41) is 0. The van der Waals surface area contributed by atoms with E-state index in [0.717, 1.165) is 18.4 Å². The number of halogens is 1. The summed E-state index contributed by atoms with van der Waals surface area (Å²) in [6.45, 7) is 9.87. The van der Waals surface area contributed by atoms with E-state index in [9.17, 15) is 4.39 Å². The lowest BCUT2D eigenvalue weighted by Crippen LogP contribution is -2.41. The number of benzene rings is 1. The van der Waals surface area contributed by atoms with Gasteiger partial charge in [-0.3, -0.25) is 0 Å². The molecule has 0 aromatic heterocycles. The van der Waals surface area contributed by atoms with Crippen molar-refractivity contribution >= 4 is 12.6 Å².